The number of rotatable bonds is 5. The summed E-state index contributed by atoms with van der Waals surface area (Å²) < 4.78 is 4.91. The second kappa shape index (κ2) is 5.95. The van der Waals surface area contributed by atoms with Gasteiger partial charge in [-0.25, -0.2) is 0 Å². The van der Waals surface area contributed by atoms with Crippen molar-refractivity contribution in [2.45, 2.75) is 26.3 Å². The normalized spacial score (nSPS) is 11.9. The lowest BCUT2D eigenvalue weighted by Crippen LogP contribution is -2.44. The van der Waals surface area contributed by atoms with Crippen LogP contribution in [0.15, 0.2) is 22.8 Å². The van der Waals surface area contributed by atoms with E-state index in [-0.39, 0.29) is 17.6 Å². The van der Waals surface area contributed by atoms with Crippen molar-refractivity contribution in [1.82, 2.24) is 10.6 Å². The molecule has 16 heavy (non-hydrogen) atoms. The molecule has 0 saturated carbocycles. The molecule has 1 rings (SSSR count). The molecular formula is C11H16N2O3. The molecule has 5 nitrogen and oxygen atoms in total. The molecule has 0 aliphatic heterocycles. The van der Waals surface area contributed by atoms with E-state index in [0.29, 0.717) is 6.54 Å². The number of hydrogen-bond donors (Lipinski definition) is 2. The van der Waals surface area contributed by atoms with Crippen molar-refractivity contribution in [3.8, 4) is 0 Å². The lowest BCUT2D eigenvalue weighted by atomic mass is 10.3. The van der Waals surface area contributed by atoms with Gasteiger partial charge in [-0.3, -0.25) is 9.59 Å². The minimum atomic E-state index is -0.566. The van der Waals surface area contributed by atoms with Crippen molar-refractivity contribution in [2.24, 2.45) is 0 Å². The second-order valence-corrected chi connectivity index (χ2v) is 3.46. The summed E-state index contributed by atoms with van der Waals surface area (Å²) in [6.45, 7) is 4.21. The predicted octanol–water partition coefficient (Wildman–Crippen LogP) is 0.924. The molecule has 0 saturated heterocycles. The fourth-order valence-corrected chi connectivity index (χ4v) is 1.14. The lowest BCUT2D eigenvalue weighted by Gasteiger charge is -2.12. The van der Waals surface area contributed by atoms with E-state index < -0.39 is 6.04 Å². The Morgan fingerprint density at radius 1 is 1.50 bits per heavy atom. The van der Waals surface area contributed by atoms with Gasteiger partial charge in [-0.1, -0.05) is 6.92 Å². The zero-order chi connectivity index (χ0) is 12.0. The molecule has 5 heteroatoms. The molecule has 1 atom stereocenters. The van der Waals surface area contributed by atoms with E-state index in [1.807, 2.05) is 6.92 Å². The van der Waals surface area contributed by atoms with E-state index in [1.165, 1.54) is 6.26 Å². The van der Waals surface area contributed by atoms with E-state index in [4.69, 9.17) is 4.42 Å². The highest BCUT2D eigenvalue weighted by molar-refractivity contribution is 5.95. The van der Waals surface area contributed by atoms with Crippen LogP contribution in [0, 0.1) is 0 Å². The fraction of sp³-hybridized carbons (Fsp3) is 0.455. The quantitative estimate of drug-likeness (QED) is 0.781. The Morgan fingerprint density at radius 3 is 2.81 bits per heavy atom. The molecule has 0 aromatic carbocycles. The summed E-state index contributed by atoms with van der Waals surface area (Å²) >= 11 is 0. The maximum atomic E-state index is 11.5. The molecule has 1 heterocycles. The van der Waals surface area contributed by atoms with Crippen molar-refractivity contribution in [2.75, 3.05) is 6.54 Å². The first-order valence-electron chi connectivity index (χ1n) is 5.27. The van der Waals surface area contributed by atoms with Crippen LogP contribution in [0.1, 0.15) is 30.8 Å². The molecule has 0 radical (unpaired) electrons. The van der Waals surface area contributed by atoms with E-state index in [9.17, 15) is 9.59 Å². The Morgan fingerprint density at radius 2 is 2.25 bits per heavy atom. The van der Waals surface area contributed by atoms with E-state index in [0.717, 1.165) is 6.42 Å². The standard InChI is InChI=1S/C11H16N2O3/c1-3-6-12-10(14)8(2)13-11(15)9-5-4-7-16-9/h4-5,7-8H,3,6H2,1-2H3,(H,12,14)(H,13,15). The summed E-state index contributed by atoms with van der Waals surface area (Å²) in [6, 6.07) is 2.60. The highest BCUT2D eigenvalue weighted by Crippen LogP contribution is 1.99. The van der Waals surface area contributed by atoms with E-state index in [1.54, 1.807) is 19.1 Å². The largest absolute Gasteiger partial charge is 0.459 e. The zero-order valence-electron chi connectivity index (χ0n) is 9.45. The summed E-state index contributed by atoms with van der Waals surface area (Å²) in [7, 11) is 0. The van der Waals surface area contributed by atoms with Crippen LogP contribution in [0.25, 0.3) is 0 Å². The third kappa shape index (κ3) is 3.42. The maximum absolute atomic E-state index is 11.5. The van der Waals surface area contributed by atoms with Crippen LogP contribution in [-0.2, 0) is 4.79 Å². The number of carbonyl (C=O) groups is 2. The molecule has 0 bridgehead atoms. The van der Waals surface area contributed by atoms with Crippen LogP contribution in [0.3, 0.4) is 0 Å². The summed E-state index contributed by atoms with van der Waals surface area (Å²) in [5.74, 6) is -0.374. The van der Waals surface area contributed by atoms with Gasteiger partial charge in [0, 0.05) is 6.54 Å². The Kier molecular flexibility index (Phi) is 4.57. The van der Waals surface area contributed by atoms with Crippen LogP contribution in [0.4, 0.5) is 0 Å². The van der Waals surface area contributed by atoms with Crippen molar-refractivity contribution in [1.29, 1.82) is 0 Å². The molecular weight excluding hydrogens is 208 g/mol. The summed E-state index contributed by atoms with van der Waals surface area (Å²) in [4.78, 5) is 23.0. The van der Waals surface area contributed by atoms with Crippen LogP contribution in [-0.4, -0.2) is 24.4 Å². The number of amides is 2. The van der Waals surface area contributed by atoms with Crippen LogP contribution < -0.4 is 10.6 Å². The molecule has 0 spiro atoms. The van der Waals surface area contributed by atoms with Gasteiger partial charge in [0.05, 0.1) is 6.26 Å². The third-order valence-electron chi connectivity index (χ3n) is 2.04. The zero-order valence-corrected chi connectivity index (χ0v) is 9.45. The fourth-order valence-electron chi connectivity index (χ4n) is 1.14. The van der Waals surface area contributed by atoms with Crippen LogP contribution in [0.2, 0.25) is 0 Å². The Hall–Kier alpha value is -1.78. The first kappa shape index (κ1) is 12.3. The van der Waals surface area contributed by atoms with Gasteiger partial charge >= 0.3 is 0 Å². The summed E-state index contributed by atoms with van der Waals surface area (Å²) in [5, 5.41) is 5.24. The van der Waals surface area contributed by atoms with Crippen LogP contribution in [0.5, 0.6) is 0 Å². The molecule has 0 fully saturated rings. The van der Waals surface area contributed by atoms with E-state index >= 15 is 0 Å². The molecule has 1 aromatic heterocycles. The van der Waals surface area contributed by atoms with Crippen LogP contribution >= 0.6 is 0 Å². The SMILES string of the molecule is CCCNC(=O)C(C)NC(=O)c1ccco1. The molecule has 2 amide bonds. The van der Waals surface area contributed by atoms with Crippen molar-refractivity contribution in [3.05, 3.63) is 24.2 Å². The second-order valence-electron chi connectivity index (χ2n) is 3.46. The summed E-state index contributed by atoms with van der Waals surface area (Å²) in [5.41, 5.74) is 0. The third-order valence-corrected chi connectivity index (χ3v) is 2.04. The van der Waals surface area contributed by atoms with Crippen molar-refractivity contribution < 1.29 is 14.0 Å². The van der Waals surface area contributed by atoms with Gasteiger partial charge in [0.25, 0.3) is 5.91 Å². The van der Waals surface area contributed by atoms with Gasteiger partial charge in [0.1, 0.15) is 6.04 Å². The number of hydrogen-bond acceptors (Lipinski definition) is 3. The predicted molar refractivity (Wildman–Crippen MR) is 58.9 cm³/mol. The molecule has 0 aliphatic carbocycles. The van der Waals surface area contributed by atoms with Gasteiger partial charge in [-0.2, -0.15) is 0 Å². The number of carbonyl (C=O) groups excluding carboxylic acids is 2. The highest BCUT2D eigenvalue weighted by atomic mass is 16.3. The Balaban J connectivity index is 2.42. The van der Waals surface area contributed by atoms with Gasteiger partial charge in [-0.05, 0) is 25.5 Å². The lowest BCUT2D eigenvalue weighted by molar-refractivity contribution is -0.122. The molecule has 0 aliphatic rings. The maximum Gasteiger partial charge on any atom is 0.287 e. The monoisotopic (exact) mass is 224 g/mol. The highest BCUT2D eigenvalue weighted by Gasteiger charge is 2.17. The molecule has 2 N–H and O–H groups in total. The first-order chi connectivity index (χ1) is 7.65. The molecule has 1 unspecified atom stereocenters. The Labute approximate surface area is 94.2 Å². The topological polar surface area (TPSA) is 71.3 Å². The van der Waals surface area contributed by atoms with Crippen molar-refractivity contribution >= 4 is 11.8 Å². The van der Waals surface area contributed by atoms with Gasteiger partial charge in [0.15, 0.2) is 5.76 Å². The smallest absolute Gasteiger partial charge is 0.287 e. The molecule has 1 aromatic rings. The number of furan rings is 1. The first-order valence-corrected chi connectivity index (χ1v) is 5.27. The Bertz CT molecular complexity index is 346. The number of nitrogens with one attached hydrogen (secondary N) is 2. The van der Waals surface area contributed by atoms with Gasteiger partial charge in [-0.15, -0.1) is 0 Å². The minimum absolute atomic E-state index is 0.193. The van der Waals surface area contributed by atoms with Gasteiger partial charge < -0.3 is 15.1 Å². The minimum Gasteiger partial charge on any atom is -0.459 e. The van der Waals surface area contributed by atoms with Crippen molar-refractivity contribution in [3.63, 3.8) is 0 Å². The molecule has 88 valence electrons. The average molecular weight is 224 g/mol. The van der Waals surface area contributed by atoms with E-state index in [2.05, 4.69) is 10.6 Å². The average Bonchev–Trinajstić information content (AvgIpc) is 2.79. The summed E-state index contributed by atoms with van der Waals surface area (Å²) in [6.07, 6.45) is 2.28. The van der Waals surface area contributed by atoms with Gasteiger partial charge in [0.2, 0.25) is 5.91 Å².